The molecular formula is C17H22ClNO3S. The topological polar surface area (TPSA) is 54.5 Å². The van der Waals surface area contributed by atoms with Gasteiger partial charge in [-0.1, -0.05) is 25.3 Å². The predicted octanol–water partition coefficient (Wildman–Crippen LogP) is 3.57. The number of aryl methyl sites for hydroxylation is 1. The summed E-state index contributed by atoms with van der Waals surface area (Å²) in [6.07, 6.45) is 6.10. The summed E-state index contributed by atoms with van der Waals surface area (Å²) in [5.41, 5.74) is 0.964. The molecule has 1 aromatic rings. The number of nitrogens with zero attached hydrogens (tertiary/aromatic N) is 1. The summed E-state index contributed by atoms with van der Waals surface area (Å²) in [5.74, 6) is 1.27. The van der Waals surface area contributed by atoms with Gasteiger partial charge in [0, 0.05) is 29.3 Å². The van der Waals surface area contributed by atoms with Gasteiger partial charge >= 0.3 is 0 Å². The van der Waals surface area contributed by atoms with Crippen molar-refractivity contribution >= 4 is 25.6 Å². The van der Waals surface area contributed by atoms with Crippen molar-refractivity contribution in [2.24, 2.45) is 11.8 Å². The fraction of sp³-hybridized carbons (Fsp3) is 0.588. The molecule has 2 fully saturated rings. The van der Waals surface area contributed by atoms with Gasteiger partial charge in [0.25, 0.3) is 15.0 Å². The highest BCUT2D eigenvalue weighted by Crippen LogP contribution is 2.36. The number of carbonyl (C=O) groups is 1. The number of hydrogen-bond acceptors (Lipinski definition) is 3. The van der Waals surface area contributed by atoms with Gasteiger partial charge in [0.05, 0.1) is 4.90 Å². The first kappa shape index (κ1) is 16.8. The van der Waals surface area contributed by atoms with Gasteiger partial charge in [-0.15, -0.1) is 0 Å². The maximum absolute atomic E-state index is 12.8. The molecule has 1 aliphatic carbocycles. The van der Waals surface area contributed by atoms with Crippen LogP contribution in [-0.2, 0) is 9.05 Å². The molecule has 126 valence electrons. The van der Waals surface area contributed by atoms with E-state index in [1.165, 1.54) is 31.7 Å². The zero-order chi connectivity index (χ0) is 16.6. The number of benzene rings is 1. The molecule has 0 aromatic heterocycles. The molecule has 23 heavy (non-hydrogen) atoms. The molecule has 1 saturated carbocycles. The number of piperidine rings is 1. The molecule has 3 rings (SSSR count). The Hall–Kier alpha value is -1.07. The third kappa shape index (κ3) is 3.56. The van der Waals surface area contributed by atoms with Gasteiger partial charge in [0.1, 0.15) is 0 Å². The fourth-order valence-corrected chi connectivity index (χ4v) is 5.18. The predicted molar refractivity (Wildman–Crippen MR) is 90.2 cm³/mol. The van der Waals surface area contributed by atoms with Gasteiger partial charge in [0.15, 0.2) is 0 Å². The van der Waals surface area contributed by atoms with Gasteiger partial charge in [-0.2, -0.15) is 0 Å². The van der Waals surface area contributed by atoms with Gasteiger partial charge in [-0.3, -0.25) is 4.79 Å². The lowest BCUT2D eigenvalue weighted by molar-refractivity contribution is 0.0520. The number of fused-ring (bicyclic) bond motifs is 1. The summed E-state index contributed by atoms with van der Waals surface area (Å²) in [6, 6.07) is 4.75. The van der Waals surface area contributed by atoms with Crippen LogP contribution in [0.1, 0.15) is 48.0 Å². The smallest absolute Gasteiger partial charge is 0.261 e. The molecule has 1 amide bonds. The molecule has 1 aromatic carbocycles. The molecule has 1 aliphatic heterocycles. The standard InChI is InChI=1S/C17H22ClNO3S/c1-12-6-7-14(10-16(12)23(18,21)22)17(20)19-9-8-13-4-2-3-5-15(13)11-19/h6-7,10,13,15H,2-5,8-9,11H2,1H3. The summed E-state index contributed by atoms with van der Waals surface area (Å²) in [6.45, 7) is 3.23. The first-order chi connectivity index (χ1) is 10.9. The lowest BCUT2D eigenvalue weighted by atomic mass is 9.75. The van der Waals surface area contributed by atoms with E-state index in [1.54, 1.807) is 19.1 Å². The Kier molecular flexibility index (Phi) is 4.70. The molecule has 0 radical (unpaired) electrons. The number of rotatable bonds is 2. The lowest BCUT2D eigenvalue weighted by Gasteiger charge is -2.41. The summed E-state index contributed by atoms with van der Waals surface area (Å²) in [7, 11) is 1.63. The van der Waals surface area contributed by atoms with Crippen molar-refractivity contribution in [1.82, 2.24) is 4.90 Å². The minimum absolute atomic E-state index is 0.0255. The highest BCUT2D eigenvalue weighted by atomic mass is 35.7. The second-order valence-electron chi connectivity index (χ2n) is 6.76. The normalized spacial score (nSPS) is 25.0. The second kappa shape index (κ2) is 6.44. The van der Waals surface area contributed by atoms with Crippen LogP contribution in [0.3, 0.4) is 0 Å². The summed E-state index contributed by atoms with van der Waals surface area (Å²) in [5, 5.41) is 0. The highest BCUT2D eigenvalue weighted by molar-refractivity contribution is 8.13. The molecule has 1 saturated heterocycles. The van der Waals surface area contributed by atoms with Crippen molar-refractivity contribution in [3.63, 3.8) is 0 Å². The Balaban J connectivity index is 1.81. The quantitative estimate of drug-likeness (QED) is 0.762. The van der Waals surface area contributed by atoms with E-state index in [9.17, 15) is 13.2 Å². The average Bonchev–Trinajstić information content (AvgIpc) is 2.53. The van der Waals surface area contributed by atoms with E-state index in [4.69, 9.17) is 10.7 Å². The van der Waals surface area contributed by atoms with Crippen molar-refractivity contribution < 1.29 is 13.2 Å². The van der Waals surface area contributed by atoms with Gasteiger partial charge < -0.3 is 4.90 Å². The van der Waals surface area contributed by atoms with E-state index < -0.39 is 9.05 Å². The Morgan fingerprint density at radius 3 is 2.57 bits per heavy atom. The van der Waals surface area contributed by atoms with Crippen LogP contribution in [0.25, 0.3) is 0 Å². The van der Waals surface area contributed by atoms with Crippen LogP contribution >= 0.6 is 10.7 Å². The Labute approximate surface area is 142 Å². The van der Waals surface area contributed by atoms with Crippen molar-refractivity contribution in [3.8, 4) is 0 Å². The van der Waals surface area contributed by atoms with Crippen molar-refractivity contribution in [2.75, 3.05) is 13.1 Å². The van der Waals surface area contributed by atoms with Crippen LogP contribution in [-0.4, -0.2) is 32.3 Å². The zero-order valence-corrected chi connectivity index (χ0v) is 14.9. The maximum atomic E-state index is 12.8. The molecule has 0 bridgehead atoms. The van der Waals surface area contributed by atoms with E-state index in [0.29, 0.717) is 17.0 Å². The van der Waals surface area contributed by atoms with Gasteiger partial charge in [-0.05, 0) is 49.3 Å². The van der Waals surface area contributed by atoms with Crippen molar-refractivity contribution in [3.05, 3.63) is 29.3 Å². The van der Waals surface area contributed by atoms with Gasteiger partial charge in [-0.25, -0.2) is 8.42 Å². The van der Waals surface area contributed by atoms with E-state index in [-0.39, 0.29) is 10.8 Å². The molecular weight excluding hydrogens is 334 g/mol. The SMILES string of the molecule is Cc1ccc(C(=O)N2CCC3CCCCC3C2)cc1S(=O)(=O)Cl. The number of carbonyl (C=O) groups excluding carboxylic acids is 1. The molecule has 2 unspecified atom stereocenters. The van der Waals surface area contributed by atoms with E-state index in [2.05, 4.69) is 0 Å². The van der Waals surface area contributed by atoms with Crippen LogP contribution in [0.4, 0.5) is 0 Å². The highest BCUT2D eigenvalue weighted by Gasteiger charge is 2.33. The molecule has 0 spiro atoms. The van der Waals surface area contributed by atoms with Gasteiger partial charge in [0.2, 0.25) is 0 Å². The third-order valence-corrected chi connectivity index (χ3v) is 6.74. The summed E-state index contributed by atoms with van der Waals surface area (Å²) < 4.78 is 23.3. The number of likely N-dealkylation sites (tertiary alicyclic amines) is 1. The van der Waals surface area contributed by atoms with Crippen molar-refractivity contribution in [1.29, 1.82) is 0 Å². The number of amides is 1. The molecule has 1 heterocycles. The van der Waals surface area contributed by atoms with Crippen LogP contribution < -0.4 is 0 Å². The van der Waals surface area contributed by atoms with E-state index in [0.717, 1.165) is 25.4 Å². The molecule has 6 heteroatoms. The lowest BCUT2D eigenvalue weighted by Crippen LogP contribution is -2.44. The van der Waals surface area contributed by atoms with Crippen molar-refractivity contribution in [2.45, 2.75) is 43.9 Å². The largest absolute Gasteiger partial charge is 0.338 e. The number of halogens is 1. The van der Waals surface area contributed by atoms with E-state index >= 15 is 0 Å². The molecule has 0 N–H and O–H groups in total. The van der Waals surface area contributed by atoms with Crippen LogP contribution in [0, 0.1) is 18.8 Å². The Morgan fingerprint density at radius 2 is 1.87 bits per heavy atom. The molecule has 4 nitrogen and oxygen atoms in total. The first-order valence-electron chi connectivity index (χ1n) is 8.21. The second-order valence-corrected chi connectivity index (χ2v) is 9.30. The third-order valence-electron chi connectivity index (χ3n) is 5.28. The first-order valence-corrected chi connectivity index (χ1v) is 10.5. The summed E-state index contributed by atoms with van der Waals surface area (Å²) >= 11 is 0. The summed E-state index contributed by atoms with van der Waals surface area (Å²) in [4.78, 5) is 14.7. The fourth-order valence-electron chi connectivity index (χ4n) is 3.96. The minimum atomic E-state index is -3.84. The Morgan fingerprint density at radius 1 is 1.17 bits per heavy atom. The maximum Gasteiger partial charge on any atom is 0.261 e. The van der Waals surface area contributed by atoms with Crippen LogP contribution in [0.2, 0.25) is 0 Å². The monoisotopic (exact) mass is 355 g/mol. The molecule has 2 aliphatic rings. The average molecular weight is 356 g/mol. The van der Waals surface area contributed by atoms with Crippen LogP contribution in [0.15, 0.2) is 23.1 Å². The Bertz CT molecular complexity index is 717. The number of hydrogen-bond donors (Lipinski definition) is 0. The van der Waals surface area contributed by atoms with Crippen LogP contribution in [0.5, 0.6) is 0 Å². The zero-order valence-electron chi connectivity index (χ0n) is 13.3. The minimum Gasteiger partial charge on any atom is -0.338 e. The molecule has 2 atom stereocenters. The van der Waals surface area contributed by atoms with E-state index in [1.807, 2.05) is 4.90 Å².